The maximum Gasteiger partial charge on any atom is 0.323 e. The topological polar surface area (TPSA) is 46.6 Å². The number of carbonyl (C=O) groups excluding carboxylic acids is 2. The Morgan fingerprint density at radius 1 is 1.18 bits per heavy atom. The van der Waals surface area contributed by atoms with E-state index in [1.807, 2.05) is 4.90 Å². The smallest absolute Gasteiger partial charge is 0.323 e. The Labute approximate surface area is 127 Å². The number of halogens is 2. The number of benzene rings is 1. The quantitative estimate of drug-likeness (QED) is 0.634. The summed E-state index contributed by atoms with van der Waals surface area (Å²) in [7, 11) is 0. The molecule has 22 heavy (non-hydrogen) atoms. The van der Waals surface area contributed by atoms with E-state index >= 15 is 0 Å². The van der Waals surface area contributed by atoms with Gasteiger partial charge in [-0.2, -0.15) is 0 Å². The Morgan fingerprint density at radius 2 is 1.91 bits per heavy atom. The van der Waals surface area contributed by atoms with Gasteiger partial charge in [0.25, 0.3) is 0 Å². The van der Waals surface area contributed by atoms with Gasteiger partial charge in [-0.25, -0.2) is 8.78 Å². The first-order valence-electron chi connectivity index (χ1n) is 7.46. The number of ketones is 1. The van der Waals surface area contributed by atoms with Crippen molar-refractivity contribution in [1.82, 2.24) is 4.90 Å². The van der Waals surface area contributed by atoms with Crippen molar-refractivity contribution >= 4 is 11.8 Å². The lowest BCUT2D eigenvalue weighted by Crippen LogP contribution is -2.44. The largest absolute Gasteiger partial charge is 0.464 e. The highest BCUT2D eigenvalue weighted by Gasteiger charge is 2.36. The van der Waals surface area contributed by atoms with Crippen LogP contribution in [-0.2, 0) is 9.53 Å². The van der Waals surface area contributed by atoms with Gasteiger partial charge in [0.1, 0.15) is 17.7 Å². The molecule has 1 aromatic carbocycles. The van der Waals surface area contributed by atoms with Crippen LogP contribution in [0.1, 0.15) is 29.6 Å². The Kier molecular flexibility index (Phi) is 4.20. The fraction of sp³-hybridized carbons (Fsp3) is 0.500. The molecule has 1 aromatic rings. The lowest BCUT2D eigenvalue weighted by atomic mass is 9.88. The van der Waals surface area contributed by atoms with Crippen molar-refractivity contribution in [1.29, 1.82) is 0 Å². The number of ether oxygens (including phenoxy) is 1. The van der Waals surface area contributed by atoms with Crippen LogP contribution < -0.4 is 0 Å². The number of hydrogen-bond donors (Lipinski definition) is 0. The van der Waals surface area contributed by atoms with Gasteiger partial charge in [-0.1, -0.05) is 0 Å². The van der Waals surface area contributed by atoms with Crippen LogP contribution in [0.4, 0.5) is 8.78 Å². The van der Waals surface area contributed by atoms with E-state index in [-0.39, 0.29) is 29.3 Å². The van der Waals surface area contributed by atoms with Gasteiger partial charge >= 0.3 is 5.97 Å². The molecule has 0 N–H and O–H groups in total. The molecule has 2 aliphatic heterocycles. The number of rotatable bonds is 3. The monoisotopic (exact) mass is 309 g/mol. The van der Waals surface area contributed by atoms with Crippen LogP contribution in [0.15, 0.2) is 18.2 Å². The van der Waals surface area contributed by atoms with Crippen LogP contribution in [0.2, 0.25) is 0 Å². The Balaban J connectivity index is 1.64. The van der Waals surface area contributed by atoms with E-state index in [4.69, 9.17) is 4.74 Å². The van der Waals surface area contributed by atoms with Crippen LogP contribution in [0.5, 0.6) is 0 Å². The minimum Gasteiger partial charge on any atom is -0.464 e. The minimum absolute atomic E-state index is 0.182. The average molecular weight is 309 g/mol. The number of carbonyl (C=O) groups is 2. The molecule has 0 spiro atoms. The fourth-order valence-electron chi connectivity index (χ4n) is 3.20. The van der Waals surface area contributed by atoms with Gasteiger partial charge in [0.15, 0.2) is 5.78 Å². The molecule has 2 fully saturated rings. The molecule has 2 saturated heterocycles. The molecule has 0 radical (unpaired) electrons. The SMILES string of the molecule is O=C(c1cc(F)ccc1F)C1CCN(C2CCOC2=O)CC1. The van der Waals surface area contributed by atoms with Gasteiger partial charge in [0.2, 0.25) is 0 Å². The van der Waals surface area contributed by atoms with Crippen LogP contribution in [0.25, 0.3) is 0 Å². The van der Waals surface area contributed by atoms with Crippen molar-refractivity contribution in [3.8, 4) is 0 Å². The van der Waals surface area contributed by atoms with E-state index in [2.05, 4.69) is 0 Å². The Morgan fingerprint density at radius 3 is 2.55 bits per heavy atom. The number of esters is 1. The number of likely N-dealkylation sites (tertiary alicyclic amines) is 1. The minimum atomic E-state index is -0.687. The maximum absolute atomic E-state index is 13.7. The van der Waals surface area contributed by atoms with Crippen molar-refractivity contribution < 1.29 is 23.1 Å². The predicted octanol–water partition coefficient (Wildman–Crippen LogP) is 2.17. The third kappa shape index (κ3) is 2.88. The highest BCUT2D eigenvalue weighted by molar-refractivity contribution is 5.98. The van der Waals surface area contributed by atoms with E-state index < -0.39 is 11.6 Å². The van der Waals surface area contributed by atoms with Crippen LogP contribution in [-0.4, -0.2) is 42.4 Å². The van der Waals surface area contributed by atoms with E-state index in [1.54, 1.807) is 0 Å². The van der Waals surface area contributed by atoms with Crippen molar-refractivity contribution in [2.75, 3.05) is 19.7 Å². The van der Waals surface area contributed by atoms with Crippen LogP contribution in [0.3, 0.4) is 0 Å². The molecule has 0 aromatic heterocycles. The van der Waals surface area contributed by atoms with Gasteiger partial charge in [-0.3, -0.25) is 14.5 Å². The first kappa shape index (κ1) is 15.1. The van der Waals surface area contributed by atoms with Gasteiger partial charge in [0, 0.05) is 12.3 Å². The molecular formula is C16H17F2NO3. The predicted molar refractivity (Wildman–Crippen MR) is 74.3 cm³/mol. The molecule has 0 amide bonds. The first-order chi connectivity index (χ1) is 10.6. The second kappa shape index (κ2) is 6.12. The summed E-state index contributed by atoms with van der Waals surface area (Å²) in [5.74, 6) is -2.19. The summed E-state index contributed by atoms with van der Waals surface area (Å²) < 4.78 is 31.8. The standard InChI is InChI=1S/C16H17F2NO3/c17-11-1-2-13(18)12(9-11)15(20)10-3-6-19(7-4-10)14-5-8-22-16(14)21/h1-2,9-10,14H,3-8H2. The van der Waals surface area contributed by atoms with Crippen molar-refractivity contribution in [3.05, 3.63) is 35.4 Å². The molecule has 6 heteroatoms. The van der Waals surface area contributed by atoms with Crippen LogP contribution >= 0.6 is 0 Å². The molecular weight excluding hydrogens is 292 g/mol. The molecule has 4 nitrogen and oxygen atoms in total. The second-order valence-electron chi connectivity index (χ2n) is 5.77. The summed E-state index contributed by atoms with van der Waals surface area (Å²) in [6.45, 7) is 1.62. The van der Waals surface area contributed by atoms with E-state index in [1.165, 1.54) is 0 Å². The number of nitrogens with zero attached hydrogens (tertiary/aromatic N) is 1. The number of cyclic esters (lactones) is 1. The normalized spacial score (nSPS) is 23.5. The van der Waals surface area contributed by atoms with Crippen molar-refractivity contribution in [2.24, 2.45) is 5.92 Å². The van der Waals surface area contributed by atoms with Crippen molar-refractivity contribution in [3.63, 3.8) is 0 Å². The molecule has 0 saturated carbocycles. The lowest BCUT2D eigenvalue weighted by molar-refractivity contribution is -0.142. The first-order valence-corrected chi connectivity index (χ1v) is 7.46. The third-order valence-corrected chi connectivity index (χ3v) is 4.44. The second-order valence-corrected chi connectivity index (χ2v) is 5.77. The average Bonchev–Trinajstić information content (AvgIpc) is 2.95. The summed E-state index contributed by atoms with van der Waals surface area (Å²) in [5.41, 5.74) is -0.182. The zero-order chi connectivity index (χ0) is 15.7. The highest BCUT2D eigenvalue weighted by Crippen LogP contribution is 2.26. The Hall–Kier alpha value is -1.82. The van der Waals surface area contributed by atoms with Crippen molar-refractivity contribution in [2.45, 2.75) is 25.3 Å². The molecule has 2 aliphatic rings. The van der Waals surface area contributed by atoms with Gasteiger partial charge in [0.05, 0.1) is 12.2 Å². The lowest BCUT2D eigenvalue weighted by Gasteiger charge is -2.33. The molecule has 118 valence electrons. The molecule has 1 atom stereocenters. The molecule has 3 rings (SSSR count). The summed E-state index contributed by atoms with van der Waals surface area (Å²) >= 11 is 0. The molecule has 0 aliphatic carbocycles. The summed E-state index contributed by atoms with van der Waals surface area (Å²) in [5, 5.41) is 0. The van der Waals surface area contributed by atoms with E-state index in [0.29, 0.717) is 39.0 Å². The number of Topliss-reactive ketones (excluding diaryl/α,β-unsaturated/α-hetero) is 1. The van der Waals surface area contributed by atoms with E-state index in [9.17, 15) is 18.4 Å². The number of hydrogen-bond acceptors (Lipinski definition) is 4. The summed E-state index contributed by atoms with van der Waals surface area (Å²) in [4.78, 5) is 25.9. The zero-order valence-electron chi connectivity index (χ0n) is 12.1. The van der Waals surface area contributed by atoms with Gasteiger partial charge in [-0.15, -0.1) is 0 Å². The highest BCUT2D eigenvalue weighted by atomic mass is 19.1. The number of piperidine rings is 1. The molecule has 0 bridgehead atoms. The summed E-state index contributed by atoms with van der Waals surface area (Å²) in [6, 6.07) is 2.72. The maximum atomic E-state index is 13.7. The van der Waals surface area contributed by atoms with Gasteiger partial charge in [-0.05, 0) is 44.1 Å². The molecule has 2 heterocycles. The van der Waals surface area contributed by atoms with E-state index in [0.717, 1.165) is 18.2 Å². The third-order valence-electron chi connectivity index (χ3n) is 4.44. The van der Waals surface area contributed by atoms with Crippen LogP contribution in [0, 0.1) is 17.6 Å². The zero-order valence-corrected chi connectivity index (χ0v) is 12.1. The Bertz CT molecular complexity index is 597. The summed E-state index contributed by atoms with van der Waals surface area (Å²) in [6.07, 6.45) is 1.76. The fourth-order valence-corrected chi connectivity index (χ4v) is 3.20. The molecule has 1 unspecified atom stereocenters. The van der Waals surface area contributed by atoms with Gasteiger partial charge < -0.3 is 4.74 Å².